The number of carboxylic acids is 2. The van der Waals surface area contributed by atoms with E-state index < -0.39 is 48.0 Å². The molecule has 0 aliphatic carbocycles. The topological polar surface area (TPSA) is 221 Å². The van der Waals surface area contributed by atoms with Gasteiger partial charge in [0, 0.05) is 19.4 Å². The number of carboxylic acid groups (broad SMARTS) is 2. The molecule has 0 unspecified atom stereocenters. The Labute approximate surface area is 281 Å². The third-order valence-corrected chi connectivity index (χ3v) is 7.82. The van der Waals surface area contributed by atoms with Gasteiger partial charge in [-0.1, -0.05) is 117 Å². The molecule has 0 fully saturated rings. The molecule has 0 aliphatic heterocycles. The molecule has 0 radical (unpaired) electrons. The van der Waals surface area contributed by atoms with Crippen molar-refractivity contribution < 1.29 is 43.7 Å². The van der Waals surface area contributed by atoms with Crippen molar-refractivity contribution in [3.05, 3.63) is 0 Å². The van der Waals surface area contributed by atoms with Crippen LogP contribution in [0.4, 0.5) is 0 Å². The number of aliphatic imine (C=N–C) groups is 1. The highest BCUT2D eigenvalue weighted by Gasteiger charge is 2.41. The quantitative estimate of drug-likeness (QED) is 0.0273. The lowest BCUT2D eigenvalue weighted by atomic mass is 10.1. The predicted molar refractivity (Wildman–Crippen MR) is 181 cm³/mol. The van der Waals surface area contributed by atoms with Gasteiger partial charge in [-0.05, 0) is 25.7 Å². The number of hydrogen-bond donors (Lipinski definition) is 5. The lowest BCUT2D eigenvalue weighted by Gasteiger charge is -2.25. The number of carbonyl (C=O) groups excluding carboxylic acids is 3. The van der Waals surface area contributed by atoms with E-state index in [-0.39, 0.29) is 38.2 Å². The number of carbonyl (C=O) groups is 5. The molecular weight excluding hydrogens is 608 g/mol. The van der Waals surface area contributed by atoms with Gasteiger partial charge in [0.05, 0.1) is 0 Å². The second kappa shape index (κ2) is 28.8. The standard InChI is InChI=1S/C34H62N4O9/c1-3-5-7-9-11-13-15-17-19-23-27(39)46-29(31(41)38-26(32(42)43)22-21-25-37-34(35)36)30(33(44)45)47-28(40)24-20-18-16-14-12-10-8-6-4-2/h26,29-30H,3-25H2,1-2H3,(H,38,41)(H,42,43)(H,44,45)(H4,35,36,37)/t26-,29+,30+/m0/s1. The minimum atomic E-state index is -2.15. The summed E-state index contributed by atoms with van der Waals surface area (Å²) in [7, 11) is 0. The van der Waals surface area contributed by atoms with Crippen molar-refractivity contribution in [3.63, 3.8) is 0 Å². The fourth-order valence-corrected chi connectivity index (χ4v) is 5.07. The van der Waals surface area contributed by atoms with E-state index in [2.05, 4.69) is 24.2 Å². The predicted octanol–water partition coefficient (Wildman–Crippen LogP) is 5.36. The molecule has 0 bridgehead atoms. The van der Waals surface area contributed by atoms with Crippen molar-refractivity contribution in [3.8, 4) is 0 Å². The molecule has 3 atom stereocenters. The van der Waals surface area contributed by atoms with Crippen LogP contribution in [0.2, 0.25) is 0 Å². The van der Waals surface area contributed by atoms with Crippen LogP contribution in [0.15, 0.2) is 4.99 Å². The van der Waals surface area contributed by atoms with Gasteiger partial charge in [-0.15, -0.1) is 0 Å². The maximum Gasteiger partial charge on any atom is 0.349 e. The Hall–Kier alpha value is -3.38. The Morgan fingerprint density at radius 2 is 1.00 bits per heavy atom. The zero-order valence-electron chi connectivity index (χ0n) is 28.8. The van der Waals surface area contributed by atoms with Crippen LogP contribution in [-0.2, 0) is 33.4 Å². The van der Waals surface area contributed by atoms with E-state index >= 15 is 0 Å². The molecule has 0 heterocycles. The number of aliphatic carboxylic acids is 2. The first-order valence-corrected chi connectivity index (χ1v) is 17.7. The largest absolute Gasteiger partial charge is 0.480 e. The third-order valence-electron chi connectivity index (χ3n) is 7.82. The van der Waals surface area contributed by atoms with Crippen molar-refractivity contribution in [1.82, 2.24) is 5.32 Å². The number of nitrogens with one attached hydrogen (secondary N) is 1. The van der Waals surface area contributed by atoms with Crippen molar-refractivity contribution in [2.45, 2.75) is 173 Å². The number of amides is 1. The molecule has 0 aliphatic rings. The fourth-order valence-electron chi connectivity index (χ4n) is 5.07. The molecule has 47 heavy (non-hydrogen) atoms. The van der Waals surface area contributed by atoms with Crippen molar-refractivity contribution in [1.29, 1.82) is 0 Å². The summed E-state index contributed by atoms with van der Waals surface area (Å²) in [5.74, 6) is -6.14. The van der Waals surface area contributed by atoms with Crippen LogP contribution in [0.1, 0.15) is 155 Å². The first-order chi connectivity index (χ1) is 22.5. The van der Waals surface area contributed by atoms with Crippen LogP contribution in [0.25, 0.3) is 0 Å². The number of hydrogen-bond acceptors (Lipinski definition) is 8. The molecule has 272 valence electrons. The number of nitrogens with zero attached hydrogens (tertiary/aromatic N) is 1. The average molecular weight is 671 g/mol. The molecular formula is C34H62N4O9. The second-order valence-corrected chi connectivity index (χ2v) is 12.2. The van der Waals surface area contributed by atoms with Gasteiger partial charge in [0.1, 0.15) is 6.04 Å². The van der Waals surface area contributed by atoms with Crippen LogP contribution < -0.4 is 16.8 Å². The molecule has 0 rings (SSSR count). The van der Waals surface area contributed by atoms with Crippen LogP contribution in [0.3, 0.4) is 0 Å². The van der Waals surface area contributed by atoms with Crippen molar-refractivity contribution in [2.75, 3.05) is 6.54 Å². The Balaban J connectivity index is 5.29. The summed E-state index contributed by atoms with van der Waals surface area (Å²) in [6.45, 7) is 4.43. The van der Waals surface area contributed by atoms with Gasteiger partial charge < -0.3 is 36.5 Å². The van der Waals surface area contributed by atoms with Crippen molar-refractivity contribution >= 4 is 35.7 Å². The summed E-state index contributed by atoms with van der Waals surface area (Å²) in [6.07, 6.45) is 14.0. The molecule has 13 nitrogen and oxygen atoms in total. The van der Waals surface area contributed by atoms with E-state index in [0.717, 1.165) is 51.4 Å². The molecule has 0 aromatic carbocycles. The zero-order valence-corrected chi connectivity index (χ0v) is 28.8. The molecule has 0 aromatic rings. The lowest BCUT2D eigenvalue weighted by Crippen LogP contribution is -2.53. The number of guanidine groups is 1. The highest BCUT2D eigenvalue weighted by molar-refractivity contribution is 5.93. The summed E-state index contributed by atoms with van der Waals surface area (Å²) < 4.78 is 10.5. The first kappa shape index (κ1) is 43.6. The van der Waals surface area contributed by atoms with Gasteiger partial charge in [0.15, 0.2) is 5.96 Å². The van der Waals surface area contributed by atoms with Gasteiger partial charge in [0.2, 0.25) is 12.2 Å². The van der Waals surface area contributed by atoms with Gasteiger partial charge in [-0.2, -0.15) is 0 Å². The number of ether oxygens (including phenoxy) is 2. The monoisotopic (exact) mass is 670 g/mol. The highest BCUT2D eigenvalue weighted by Crippen LogP contribution is 2.16. The van der Waals surface area contributed by atoms with Gasteiger partial charge in [-0.3, -0.25) is 19.4 Å². The van der Waals surface area contributed by atoms with Gasteiger partial charge in [0.25, 0.3) is 5.91 Å². The number of nitrogens with two attached hydrogens (primary N) is 2. The number of unbranched alkanes of at least 4 members (excludes halogenated alkanes) is 16. The summed E-state index contributed by atoms with van der Waals surface area (Å²) in [6, 6.07) is -1.46. The minimum Gasteiger partial charge on any atom is -0.480 e. The average Bonchev–Trinajstić information content (AvgIpc) is 3.02. The van der Waals surface area contributed by atoms with Gasteiger partial charge >= 0.3 is 23.9 Å². The molecule has 7 N–H and O–H groups in total. The number of rotatable bonds is 31. The van der Waals surface area contributed by atoms with E-state index in [9.17, 15) is 34.2 Å². The summed E-state index contributed by atoms with van der Waals surface area (Å²) in [4.78, 5) is 66.4. The molecule has 0 saturated carbocycles. The van der Waals surface area contributed by atoms with E-state index in [0.29, 0.717) is 12.8 Å². The molecule has 1 amide bonds. The molecule has 13 heteroatoms. The Morgan fingerprint density at radius 3 is 1.38 bits per heavy atom. The van der Waals surface area contributed by atoms with E-state index in [4.69, 9.17) is 20.9 Å². The summed E-state index contributed by atoms with van der Waals surface area (Å²) in [5, 5.41) is 21.8. The summed E-state index contributed by atoms with van der Waals surface area (Å²) >= 11 is 0. The fraction of sp³-hybridized carbons (Fsp3) is 0.824. The molecule has 0 spiro atoms. The van der Waals surface area contributed by atoms with Crippen LogP contribution in [0.5, 0.6) is 0 Å². The zero-order chi connectivity index (χ0) is 35.3. The Morgan fingerprint density at radius 1 is 0.596 bits per heavy atom. The SMILES string of the molecule is CCCCCCCCCCCC(=O)O[C@@H](C(=O)O)[C@@H](OC(=O)CCCCCCCCCCC)C(=O)N[C@@H](CCCN=C(N)N)C(=O)O. The lowest BCUT2D eigenvalue weighted by molar-refractivity contribution is -0.183. The minimum absolute atomic E-state index is 0.0666. The first-order valence-electron chi connectivity index (χ1n) is 17.7. The molecule has 0 saturated heterocycles. The van der Waals surface area contributed by atoms with Crippen LogP contribution >= 0.6 is 0 Å². The smallest absolute Gasteiger partial charge is 0.349 e. The van der Waals surface area contributed by atoms with Gasteiger partial charge in [-0.25, -0.2) is 9.59 Å². The second-order valence-electron chi connectivity index (χ2n) is 12.2. The van der Waals surface area contributed by atoms with Crippen LogP contribution in [0, 0.1) is 0 Å². The maximum atomic E-state index is 13.2. The number of esters is 2. The normalized spacial score (nSPS) is 12.8. The van der Waals surface area contributed by atoms with E-state index in [1.165, 1.54) is 51.4 Å². The third kappa shape index (κ3) is 24.5. The molecule has 0 aromatic heterocycles. The van der Waals surface area contributed by atoms with Crippen LogP contribution in [-0.4, -0.2) is 70.8 Å². The highest BCUT2D eigenvalue weighted by atomic mass is 16.6. The summed E-state index contributed by atoms with van der Waals surface area (Å²) in [5.41, 5.74) is 10.6. The Bertz CT molecular complexity index is 925. The van der Waals surface area contributed by atoms with E-state index in [1.807, 2.05) is 0 Å². The van der Waals surface area contributed by atoms with Crippen molar-refractivity contribution in [2.24, 2.45) is 16.5 Å². The Kier molecular flexibility index (Phi) is 26.7. The maximum absolute atomic E-state index is 13.2. The van der Waals surface area contributed by atoms with E-state index in [1.54, 1.807) is 0 Å².